The number of nitrogens with zero attached hydrogens (tertiary/aromatic N) is 1. The Morgan fingerprint density at radius 3 is 2.94 bits per heavy atom. The van der Waals surface area contributed by atoms with Gasteiger partial charge >= 0.3 is 0 Å². The molecule has 4 nitrogen and oxygen atoms in total. The van der Waals surface area contributed by atoms with E-state index in [1.807, 2.05) is 7.05 Å². The lowest BCUT2D eigenvalue weighted by Crippen LogP contribution is -2.19. The lowest BCUT2D eigenvalue weighted by Gasteiger charge is -2.20. The van der Waals surface area contributed by atoms with Crippen LogP contribution in [0, 0.1) is 0 Å². The largest absolute Gasteiger partial charge is 0.312 e. The van der Waals surface area contributed by atoms with Gasteiger partial charge in [0.1, 0.15) is 10.8 Å². The quantitative estimate of drug-likeness (QED) is 0.889. The van der Waals surface area contributed by atoms with Gasteiger partial charge in [-0.05, 0) is 26.3 Å². The summed E-state index contributed by atoms with van der Waals surface area (Å²) in [5.41, 5.74) is 1.09. The van der Waals surface area contributed by atoms with E-state index in [-0.39, 0.29) is 5.75 Å². The van der Waals surface area contributed by atoms with Crippen molar-refractivity contribution in [2.24, 2.45) is 0 Å². The van der Waals surface area contributed by atoms with Gasteiger partial charge in [0.2, 0.25) is 0 Å². The third-order valence-corrected chi connectivity index (χ3v) is 4.92. The molecule has 2 rings (SSSR count). The zero-order valence-electron chi connectivity index (χ0n) is 9.49. The molecule has 6 heteroatoms. The Labute approximate surface area is 100 Å². The van der Waals surface area contributed by atoms with Gasteiger partial charge in [0, 0.05) is 17.2 Å². The first-order valence-electron chi connectivity index (χ1n) is 5.33. The van der Waals surface area contributed by atoms with E-state index < -0.39 is 9.84 Å². The Kier molecular flexibility index (Phi) is 3.32. The van der Waals surface area contributed by atoms with Gasteiger partial charge in [0.05, 0.1) is 5.69 Å². The van der Waals surface area contributed by atoms with Crippen LogP contribution in [0.25, 0.3) is 0 Å². The molecule has 1 atom stereocenters. The van der Waals surface area contributed by atoms with Crippen LogP contribution in [-0.4, -0.2) is 26.7 Å². The molecule has 16 heavy (non-hydrogen) atoms. The summed E-state index contributed by atoms with van der Waals surface area (Å²) >= 11 is 1.54. The summed E-state index contributed by atoms with van der Waals surface area (Å²) in [6, 6.07) is 0.356. The zero-order valence-corrected chi connectivity index (χ0v) is 11.1. The van der Waals surface area contributed by atoms with Crippen molar-refractivity contribution in [3.63, 3.8) is 0 Å². The topological polar surface area (TPSA) is 59.1 Å². The highest BCUT2D eigenvalue weighted by atomic mass is 32.2. The lowest BCUT2D eigenvalue weighted by molar-refractivity contribution is 0.501. The summed E-state index contributed by atoms with van der Waals surface area (Å²) in [4.78, 5) is 5.66. The fourth-order valence-corrected chi connectivity index (χ4v) is 4.48. The van der Waals surface area contributed by atoms with Gasteiger partial charge in [-0.3, -0.25) is 0 Å². The fourth-order valence-electron chi connectivity index (χ4n) is 2.03. The van der Waals surface area contributed by atoms with Crippen molar-refractivity contribution in [1.29, 1.82) is 0 Å². The molecule has 0 amide bonds. The Hall–Kier alpha value is -0.460. The third-order valence-electron chi connectivity index (χ3n) is 2.73. The molecular weight excluding hydrogens is 244 g/mol. The highest BCUT2D eigenvalue weighted by Gasteiger charge is 2.24. The maximum atomic E-state index is 11.2. The van der Waals surface area contributed by atoms with Crippen LogP contribution in [0.5, 0.6) is 0 Å². The molecule has 0 spiro atoms. The van der Waals surface area contributed by atoms with Crippen molar-refractivity contribution < 1.29 is 8.42 Å². The van der Waals surface area contributed by atoms with Crippen LogP contribution in [-0.2, 0) is 22.0 Å². The molecule has 1 aromatic heterocycles. The first kappa shape index (κ1) is 12.0. The number of sulfone groups is 1. The maximum absolute atomic E-state index is 11.2. The summed E-state index contributed by atoms with van der Waals surface area (Å²) in [5.74, 6) is 0.0705. The average Bonchev–Trinajstić information content (AvgIpc) is 2.56. The standard InChI is InChI=1S/C10H16N2O2S2/c1-11-7-4-3-5-8-10(7)15-9(12-8)6-16(2,13)14/h7,11H,3-6H2,1-2H3. The van der Waals surface area contributed by atoms with Crippen LogP contribution in [0.3, 0.4) is 0 Å². The van der Waals surface area contributed by atoms with Crippen molar-refractivity contribution in [3.8, 4) is 0 Å². The molecule has 1 unspecified atom stereocenters. The SMILES string of the molecule is CNC1CCCc2nc(CS(C)(=O)=O)sc21. The molecule has 0 saturated carbocycles. The van der Waals surface area contributed by atoms with Gasteiger partial charge in [0.25, 0.3) is 0 Å². The van der Waals surface area contributed by atoms with E-state index in [1.165, 1.54) is 11.1 Å². The van der Waals surface area contributed by atoms with Crippen molar-refractivity contribution >= 4 is 21.2 Å². The number of hydrogen-bond donors (Lipinski definition) is 1. The zero-order chi connectivity index (χ0) is 11.8. The Morgan fingerprint density at radius 1 is 1.56 bits per heavy atom. The number of rotatable bonds is 3. The van der Waals surface area contributed by atoms with Crippen molar-refractivity contribution in [1.82, 2.24) is 10.3 Å². The number of nitrogens with one attached hydrogen (secondary N) is 1. The molecule has 1 aliphatic rings. The molecule has 1 aromatic rings. The van der Waals surface area contributed by atoms with Crippen molar-refractivity contribution in [2.75, 3.05) is 13.3 Å². The highest BCUT2D eigenvalue weighted by molar-refractivity contribution is 7.90. The van der Waals surface area contributed by atoms with Crippen LogP contribution >= 0.6 is 11.3 Å². The van der Waals surface area contributed by atoms with E-state index in [2.05, 4.69) is 10.3 Å². The molecule has 1 N–H and O–H groups in total. The molecule has 0 radical (unpaired) electrons. The summed E-state index contributed by atoms with van der Waals surface area (Å²) in [7, 11) is -1.03. The normalized spacial score (nSPS) is 20.8. The van der Waals surface area contributed by atoms with Gasteiger partial charge in [-0.1, -0.05) is 0 Å². The summed E-state index contributed by atoms with van der Waals surface area (Å²) in [6.07, 6.45) is 4.47. The van der Waals surface area contributed by atoms with E-state index in [4.69, 9.17) is 0 Å². The molecule has 0 saturated heterocycles. The number of thiazole rings is 1. The van der Waals surface area contributed by atoms with Gasteiger partial charge in [0.15, 0.2) is 9.84 Å². The first-order chi connectivity index (χ1) is 7.49. The van der Waals surface area contributed by atoms with Crippen molar-refractivity contribution in [3.05, 3.63) is 15.6 Å². The van der Waals surface area contributed by atoms with E-state index in [0.29, 0.717) is 6.04 Å². The molecule has 0 bridgehead atoms. The van der Waals surface area contributed by atoms with Crippen LogP contribution in [0.15, 0.2) is 0 Å². The van der Waals surface area contributed by atoms with E-state index in [9.17, 15) is 8.42 Å². The second-order valence-electron chi connectivity index (χ2n) is 4.22. The monoisotopic (exact) mass is 260 g/mol. The first-order valence-corrected chi connectivity index (χ1v) is 8.21. The molecule has 90 valence electrons. The smallest absolute Gasteiger partial charge is 0.153 e. The predicted molar refractivity (Wildman–Crippen MR) is 65.4 cm³/mol. The summed E-state index contributed by atoms with van der Waals surface area (Å²) < 4.78 is 22.4. The minimum Gasteiger partial charge on any atom is -0.312 e. The third kappa shape index (κ3) is 2.61. The highest BCUT2D eigenvalue weighted by Crippen LogP contribution is 2.34. The Morgan fingerprint density at radius 2 is 2.31 bits per heavy atom. The minimum absolute atomic E-state index is 0.0705. The van der Waals surface area contributed by atoms with Crippen molar-refractivity contribution in [2.45, 2.75) is 31.1 Å². The van der Waals surface area contributed by atoms with E-state index in [1.54, 1.807) is 11.3 Å². The molecule has 0 aromatic carbocycles. The number of hydrogen-bond acceptors (Lipinski definition) is 5. The Balaban J connectivity index is 2.29. The fraction of sp³-hybridized carbons (Fsp3) is 0.700. The van der Waals surface area contributed by atoms with Crippen LogP contribution in [0.2, 0.25) is 0 Å². The molecule has 0 fully saturated rings. The summed E-state index contributed by atoms with van der Waals surface area (Å²) in [6.45, 7) is 0. The van der Waals surface area contributed by atoms with Crippen LogP contribution in [0.1, 0.15) is 34.5 Å². The van der Waals surface area contributed by atoms with Gasteiger partial charge in [-0.15, -0.1) is 11.3 Å². The minimum atomic E-state index is -2.97. The van der Waals surface area contributed by atoms with E-state index >= 15 is 0 Å². The molecule has 1 aliphatic carbocycles. The molecule has 0 aliphatic heterocycles. The number of fused-ring (bicyclic) bond motifs is 1. The van der Waals surface area contributed by atoms with Crippen LogP contribution < -0.4 is 5.32 Å². The molecular formula is C10H16N2O2S2. The van der Waals surface area contributed by atoms with E-state index in [0.717, 1.165) is 30.0 Å². The molecule has 1 heterocycles. The second kappa shape index (κ2) is 4.43. The average molecular weight is 260 g/mol. The number of aromatic nitrogens is 1. The predicted octanol–water partition coefficient (Wildman–Crippen LogP) is 1.28. The number of aryl methyl sites for hydroxylation is 1. The lowest BCUT2D eigenvalue weighted by atomic mass is 9.98. The van der Waals surface area contributed by atoms with Gasteiger partial charge in [-0.2, -0.15) is 0 Å². The second-order valence-corrected chi connectivity index (χ2v) is 7.48. The summed E-state index contributed by atoms with van der Waals surface area (Å²) in [5, 5.41) is 3.99. The Bertz CT molecular complexity index is 479. The van der Waals surface area contributed by atoms with Crippen LogP contribution in [0.4, 0.5) is 0 Å². The van der Waals surface area contributed by atoms with Gasteiger partial charge < -0.3 is 5.32 Å². The maximum Gasteiger partial charge on any atom is 0.153 e. The van der Waals surface area contributed by atoms with Gasteiger partial charge in [-0.25, -0.2) is 13.4 Å².